The average molecular weight is 265 g/mol. The van der Waals surface area contributed by atoms with Crippen LogP contribution in [0, 0.1) is 11.8 Å². The van der Waals surface area contributed by atoms with Crippen LogP contribution >= 0.6 is 11.3 Å². The van der Waals surface area contributed by atoms with Crippen molar-refractivity contribution in [2.24, 2.45) is 0 Å². The molecule has 1 unspecified atom stereocenters. The van der Waals surface area contributed by atoms with E-state index in [2.05, 4.69) is 11.8 Å². The van der Waals surface area contributed by atoms with E-state index in [-0.39, 0.29) is 12.5 Å². The zero-order valence-corrected chi connectivity index (χ0v) is 10.7. The van der Waals surface area contributed by atoms with Gasteiger partial charge in [-0.05, 0) is 12.5 Å². The molecule has 1 amide bonds. The van der Waals surface area contributed by atoms with E-state index in [9.17, 15) is 9.90 Å². The van der Waals surface area contributed by atoms with Gasteiger partial charge < -0.3 is 15.1 Å². The molecule has 2 heterocycles. The van der Waals surface area contributed by atoms with E-state index < -0.39 is 6.10 Å². The summed E-state index contributed by atoms with van der Waals surface area (Å²) >= 11 is 1.42. The zero-order chi connectivity index (χ0) is 13.0. The van der Waals surface area contributed by atoms with Crippen molar-refractivity contribution < 1.29 is 15.0 Å². The van der Waals surface area contributed by atoms with E-state index in [0.717, 1.165) is 4.88 Å². The van der Waals surface area contributed by atoms with Crippen molar-refractivity contribution in [3.63, 3.8) is 0 Å². The van der Waals surface area contributed by atoms with E-state index >= 15 is 0 Å². The Balaban J connectivity index is 2.02. The van der Waals surface area contributed by atoms with Gasteiger partial charge in [0.25, 0.3) is 5.91 Å². The number of thiophene rings is 1. The van der Waals surface area contributed by atoms with E-state index in [1.807, 2.05) is 0 Å². The number of aliphatic hydroxyl groups is 2. The molecule has 5 heteroatoms. The number of amides is 1. The first-order valence-corrected chi connectivity index (χ1v) is 6.74. The predicted octanol–water partition coefficient (Wildman–Crippen LogP) is 0.689. The van der Waals surface area contributed by atoms with Gasteiger partial charge in [0.2, 0.25) is 0 Å². The fraction of sp³-hybridized carbons (Fsp3) is 0.462. The summed E-state index contributed by atoms with van der Waals surface area (Å²) in [5.74, 6) is 5.69. The first kappa shape index (κ1) is 13.1. The van der Waals surface area contributed by atoms with Crippen molar-refractivity contribution >= 4 is 17.2 Å². The summed E-state index contributed by atoms with van der Waals surface area (Å²) in [6.07, 6.45) is 0.704. The Morgan fingerprint density at radius 3 is 3.11 bits per heavy atom. The fourth-order valence-corrected chi connectivity index (χ4v) is 2.58. The zero-order valence-electron chi connectivity index (χ0n) is 9.93. The second-order valence-corrected chi connectivity index (χ2v) is 5.08. The largest absolute Gasteiger partial charge is 0.395 e. The van der Waals surface area contributed by atoms with Crippen LogP contribution in [0.5, 0.6) is 0 Å². The third-order valence-corrected chi connectivity index (χ3v) is 3.59. The highest BCUT2D eigenvalue weighted by Gasteiger charge is 2.25. The van der Waals surface area contributed by atoms with E-state index in [0.29, 0.717) is 31.5 Å². The number of likely N-dealkylation sites (tertiary alicyclic amines) is 1. The molecule has 0 bridgehead atoms. The summed E-state index contributed by atoms with van der Waals surface area (Å²) in [5, 5.41) is 19.8. The van der Waals surface area contributed by atoms with Gasteiger partial charge in [-0.1, -0.05) is 11.8 Å². The molecule has 1 aromatic rings. The molecule has 0 spiro atoms. The Labute approximate surface area is 110 Å². The summed E-state index contributed by atoms with van der Waals surface area (Å²) in [5.41, 5.74) is 0.627. The number of rotatable bonds is 2. The third kappa shape index (κ3) is 3.10. The van der Waals surface area contributed by atoms with Gasteiger partial charge in [-0.3, -0.25) is 4.79 Å². The molecule has 2 N–H and O–H groups in total. The predicted molar refractivity (Wildman–Crippen MR) is 69.4 cm³/mol. The minimum Gasteiger partial charge on any atom is -0.395 e. The van der Waals surface area contributed by atoms with Crippen LogP contribution in [-0.2, 0) is 0 Å². The van der Waals surface area contributed by atoms with Crippen LogP contribution in [0.25, 0.3) is 0 Å². The first-order chi connectivity index (χ1) is 8.70. The lowest BCUT2D eigenvalue weighted by molar-refractivity contribution is 0.0765. The van der Waals surface area contributed by atoms with Crippen molar-refractivity contribution in [2.45, 2.75) is 18.9 Å². The Kier molecular flexibility index (Phi) is 4.37. The standard InChI is InChI=1S/C13H15NO3S/c15-6-2-1-3-12-7-10(9-18-12)13(17)14-5-4-11(16)8-14/h7,9,11,15-16H,2,4-6,8H2. The van der Waals surface area contributed by atoms with E-state index in [4.69, 9.17) is 5.11 Å². The molecule has 96 valence electrons. The highest BCUT2D eigenvalue weighted by Crippen LogP contribution is 2.18. The minimum absolute atomic E-state index is 0.0435. The molecule has 1 saturated heterocycles. The van der Waals surface area contributed by atoms with E-state index in [1.54, 1.807) is 16.3 Å². The Morgan fingerprint density at radius 2 is 2.44 bits per heavy atom. The molecule has 0 radical (unpaired) electrons. The van der Waals surface area contributed by atoms with Gasteiger partial charge in [0.15, 0.2) is 0 Å². The summed E-state index contributed by atoms with van der Waals surface area (Å²) in [7, 11) is 0. The number of hydrogen-bond acceptors (Lipinski definition) is 4. The number of β-amino-alcohol motifs (C(OH)–C–C–N with tert-alkyl or cyclic N) is 1. The van der Waals surface area contributed by atoms with Crippen molar-refractivity contribution in [3.8, 4) is 11.8 Å². The average Bonchev–Trinajstić information content (AvgIpc) is 2.98. The van der Waals surface area contributed by atoms with Crippen LogP contribution < -0.4 is 0 Å². The number of carbonyl (C=O) groups excluding carboxylic acids is 1. The molecule has 0 saturated carbocycles. The van der Waals surface area contributed by atoms with Crippen molar-refractivity contribution in [1.29, 1.82) is 0 Å². The molecule has 2 rings (SSSR count). The quantitative estimate of drug-likeness (QED) is 0.773. The number of nitrogens with zero attached hydrogens (tertiary/aromatic N) is 1. The maximum Gasteiger partial charge on any atom is 0.254 e. The summed E-state index contributed by atoms with van der Waals surface area (Å²) in [4.78, 5) is 14.6. The third-order valence-electron chi connectivity index (χ3n) is 2.75. The van der Waals surface area contributed by atoms with Gasteiger partial charge in [-0.15, -0.1) is 11.3 Å². The maximum absolute atomic E-state index is 12.1. The van der Waals surface area contributed by atoms with Crippen LogP contribution in [0.2, 0.25) is 0 Å². The van der Waals surface area contributed by atoms with Gasteiger partial charge in [0.05, 0.1) is 23.2 Å². The number of carbonyl (C=O) groups is 1. The molecule has 18 heavy (non-hydrogen) atoms. The lowest BCUT2D eigenvalue weighted by Crippen LogP contribution is -2.29. The van der Waals surface area contributed by atoms with Gasteiger partial charge in [0.1, 0.15) is 0 Å². The van der Waals surface area contributed by atoms with E-state index in [1.165, 1.54) is 11.3 Å². The molecular formula is C13H15NO3S. The normalized spacial score (nSPS) is 18.6. The highest BCUT2D eigenvalue weighted by molar-refractivity contribution is 7.10. The van der Waals surface area contributed by atoms with Crippen LogP contribution in [-0.4, -0.2) is 46.8 Å². The highest BCUT2D eigenvalue weighted by atomic mass is 32.1. The summed E-state index contributed by atoms with van der Waals surface area (Å²) < 4.78 is 0. The topological polar surface area (TPSA) is 60.8 Å². The molecule has 1 aliphatic heterocycles. The van der Waals surface area contributed by atoms with Gasteiger partial charge in [-0.2, -0.15) is 0 Å². The fourth-order valence-electron chi connectivity index (χ4n) is 1.83. The van der Waals surface area contributed by atoms with Crippen molar-refractivity contribution in [1.82, 2.24) is 4.90 Å². The van der Waals surface area contributed by atoms with Gasteiger partial charge >= 0.3 is 0 Å². The Bertz CT molecular complexity index is 486. The molecule has 0 aliphatic carbocycles. The molecule has 1 fully saturated rings. The smallest absolute Gasteiger partial charge is 0.254 e. The minimum atomic E-state index is -0.392. The Hall–Kier alpha value is -1.35. The maximum atomic E-state index is 12.1. The Morgan fingerprint density at radius 1 is 1.61 bits per heavy atom. The summed E-state index contributed by atoms with van der Waals surface area (Å²) in [6.45, 7) is 1.08. The second kappa shape index (κ2) is 6.01. The SMILES string of the molecule is O=C(c1csc(C#CCCO)c1)N1CCC(O)C1. The molecule has 1 atom stereocenters. The van der Waals surface area contributed by atoms with Gasteiger partial charge in [-0.25, -0.2) is 0 Å². The molecule has 1 aromatic heterocycles. The van der Waals surface area contributed by atoms with Crippen LogP contribution in [0.1, 0.15) is 28.1 Å². The van der Waals surface area contributed by atoms with Crippen LogP contribution in [0.15, 0.2) is 11.4 Å². The first-order valence-electron chi connectivity index (χ1n) is 5.86. The molecular weight excluding hydrogens is 250 g/mol. The number of aliphatic hydroxyl groups excluding tert-OH is 2. The molecule has 4 nitrogen and oxygen atoms in total. The van der Waals surface area contributed by atoms with Crippen molar-refractivity contribution in [2.75, 3.05) is 19.7 Å². The monoisotopic (exact) mass is 265 g/mol. The van der Waals surface area contributed by atoms with Crippen molar-refractivity contribution in [3.05, 3.63) is 21.9 Å². The van der Waals surface area contributed by atoms with Crippen LogP contribution in [0.4, 0.5) is 0 Å². The van der Waals surface area contributed by atoms with Gasteiger partial charge in [0, 0.05) is 24.9 Å². The number of hydrogen-bond donors (Lipinski definition) is 2. The second-order valence-electron chi connectivity index (χ2n) is 4.17. The lowest BCUT2D eigenvalue weighted by Gasteiger charge is -2.13. The molecule has 1 aliphatic rings. The lowest BCUT2D eigenvalue weighted by atomic mass is 10.2. The summed E-state index contributed by atoms with van der Waals surface area (Å²) in [6, 6.07) is 1.77. The van der Waals surface area contributed by atoms with Crippen LogP contribution in [0.3, 0.4) is 0 Å². The molecule has 0 aromatic carbocycles.